The number of rotatable bonds is 2. The molecule has 4 nitrogen and oxygen atoms in total. The van der Waals surface area contributed by atoms with E-state index in [-0.39, 0.29) is 5.54 Å². The highest BCUT2D eigenvalue weighted by molar-refractivity contribution is 4.98. The molecule has 1 aliphatic heterocycles. The molecule has 0 amide bonds. The number of nitrogens with two attached hydrogens (primary N) is 1. The Morgan fingerprint density at radius 1 is 1.50 bits per heavy atom. The molecule has 1 aliphatic rings. The van der Waals surface area contributed by atoms with Crippen LogP contribution < -0.4 is 5.73 Å². The summed E-state index contributed by atoms with van der Waals surface area (Å²) >= 11 is 0. The molecule has 2 heterocycles. The highest BCUT2D eigenvalue weighted by Crippen LogP contribution is 2.19. The van der Waals surface area contributed by atoms with Crippen LogP contribution >= 0.6 is 0 Å². The lowest BCUT2D eigenvalue weighted by molar-refractivity contribution is 0.0920. The largest absolute Gasteiger partial charge is 0.333 e. The van der Waals surface area contributed by atoms with Gasteiger partial charge in [-0.1, -0.05) is 0 Å². The SMILES string of the molecule is CC(C)(CN)N1CCn2ccnc2C1. The number of aromatic nitrogens is 2. The van der Waals surface area contributed by atoms with E-state index < -0.39 is 0 Å². The number of hydrogen-bond donors (Lipinski definition) is 1. The summed E-state index contributed by atoms with van der Waals surface area (Å²) in [4.78, 5) is 6.73. The zero-order chi connectivity index (χ0) is 10.2. The van der Waals surface area contributed by atoms with E-state index in [4.69, 9.17) is 5.73 Å². The van der Waals surface area contributed by atoms with Gasteiger partial charge in [-0.3, -0.25) is 4.90 Å². The van der Waals surface area contributed by atoms with Crippen LogP contribution in [0.5, 0.6) is 0 Å². The standard InChI is InChI=1S/C10H18N4/c1-10(2,8-11)14-6-5-13-4-3-12-9(13)7-14/h3-4H,5-8,11H2,1-2H3. The predicted molar refractivity (Wildman–Crippen MR) is 55.8 cm³/mol. The molecule has 0 saturated heterocycles. The Labute approximate surface area is 84.7 Å². The van der Waals surface area contributed by atoms with Crippen molar-refractivity contribution in [3.63, 3.8) is 0 Å². The molecule has 0 radical (unpaired) electrons. The van der Waals surface area contributed by atoms with Crippen LogP contribution in [-0.2, 0) is 13.1 Å². The quantitative estimate of drug-likeness (QED) is 0.743. The average Bonchev–Trinajstić information content (AvgIpc) is 2.64. The van der Waals surface area contributed by atoms with Crippen molar-refractivity contribution in [2.45, 2.75) is 32.5 Å². The first kappa shape index (κ1) is 9.68. The molecule has 0 bridgehead atoms. The van der Waals surface area contributed by atoms with Gasteiger partial charge < -0.3 is 10.3 Å². The third-order valence-electron chi connectivity index (χ3n) is 3.10. The molecule has 4 heteroatoms. The van der Waals surface area contributed by atoms with Crippen molar-refractivity contribution in [2.75, 3.05) is 13.1 Å². The second-order valence-electron chi connectivity index (χ2n) is 4.47. The fraction of sp³-hybridized carbons (Fsp3) is 0.700. The van der Waals surface area contributed by atoms with E-state index in [1.165, 1.54) is 0 Å². The van der Waals surface area contributed by atoms with E-state index in [2.05, 4.69) is 28.3 Å². The summed E-state index contributed by atoms with van der Waals surface area (Å²) in [6.07, 6.45) is 3.91. The predicted octanol–water partition coefficient (Wildman–Crippen LogP) is 0.436. The van der Waals surface area contributed by atoms with Crippen LogP contribution in [0.4, 0.5) is 0 Å². The molecule has 1 aromatic heterocycles. The maximum absolute atomic E-state index is 5.76. The minimum absolute atomic E-state index is 0.0806. The summed E-state index contributed by atoms with van der Waals surface area (Å²) in [7, 11) is 0. The Balaban J connectivity index is 2.15. The number of imidazole rings is 1. The summed E-state index contributed by atoms with van der Waals surface area (Å²) in [6, 6.07) is 0. The summed E-state index contributed by atoms with van der Waals surface area (Å²) < 4.78 is 2.21. The zero-order valence-corrected chi connectivity index (χ0v) is 8.90. The van der Waals surface area contributed by atoms with E-state index in [0.29, 0.717) is 6.54 Å². The normalized spacial score (nSPS) is 18.2. The fourth-order valence-corrected chi connectivity index (χ4v) is 1.82. The average molecular weight is 194 g/mol. The molecule has 0 saturated carbocycles. The van der Waals surface area contributed by atoms with E-state index in [1.807, 2.05) is 12.4 Å². The molecule has 0 unspecified atom stereocenters. The summed E-state index contributed by atoms with van der Waals surface area (Å²) in [6.45, 7) is 8.06. The van der Waals surface area contributed by atoms with E-state index in [1.54, 1.807) is 0 Å². The lowest BCUT2D eigenvalue weighted by Crippen LogP contribution is -2.52. The van der Waals surface area contributed by atoms with Gasteiger partial charge in [-0.25, -0.2) is 4.98 Å². The van der Waals surface area contributed by atoms with Crippen LogP contribution in [0.25, 0.3) is 0 Å². The first-order valence-electron chi connectivity index (χ1n) is 5.08. The van der Waals surface area contributed by atoms with Gasteiger partial charge in [-0.05, 0) is 13.8 Å². The molecule has 0 atom stereocenters. The van der Waals surface area contributed by atoms with E-state index >= 15 is 0 Å². The highest BCUT2D eigenvalue weighted by atomic mass is 15.3. The third kappa shape index (κ3) is 1.55. The van der Waals surface area contributed by atoms with Crippen molar-refractivity contribution in [1.82, 2.24) is 14.5 Å². The van der Waals surface area contributed by atoms with Crippen LogP contribution in [0, 0.1) is 0 Å². The van der Waals surface area contributed by atoms with Crippen LogP contribution in [-0.4, -0.2) is 33.1 Å². The Bertz CT molecular complexity index is 316. The van der Waals surface area contributed by atoms with Crippen molar-refractivity contribution in [2.24, 2.45) is 5.73 Å². The molecule has 0 aromatic carbocycles. The second kappa shape index (κ2) is 3.37. The van der Waals surface area contributed by atoms with Gasteiger partial charge in [-0.2, -0.15) is 0 Å². The van der Waals surface area contributed by atoms with Gasteiger partial charge in [0, 0.05) is 37.6 Å². The molecule has 0 fully saturated rings. The van der Waals surface area contributed by atoms with E-state index in [0.717, 1.165) is 25.5 Å². The van der Waals surface area contributed by atoms with Gasteiger partial charge in [0.05, 0.1) is 6.54 Å². The maximum atomic E-state index is 5.76. The first-order valence-corrected chi connectivity index (χ1v) is 5.08. The number of hydrogen-bond acceptors (Lipinski definition) is 3. The minimum Gasteiger partial charge on any atom is -0.333 e. The Morgan fingerprint density at radius 2 is 2.29 bits per heavy atom. The van der Waals surface area contributed by atoms with Crippen molar-refractivity contribution in [3.8, 4) is 0 Å². The van der Waals surface area contributed by atoms with E-state index in [9.17, 15) is 0 Å². The number of fused-ring (bicyclic) bond motifs is 1. The fourth-order valence-electron chi connectivity index (χ4n) is 1.82. The van der Waals surface area contributed by atoms with Crippen LogP contribution in [0.15, 0.2) is 12.4 Å². The van der Waals surface area contributed by atoms with Gasteiger partial charge >= 0.3 is 0 Å². The molecule has 0 aliphatic carbocycles. The van der Waals surface area contributed by atoms with Crippen molar-refractivity contribution >= 4 is 0 Å². The summed E-state index contributed by atoms with van der Waals surface area (Å²) in [5, 5.41) is 0. The maximum Gasteiger partial charge on any atom is 0.122 e. The molecule has 0 spiro atoms. The van der Waals surface area contributed by atoms with Crippen LogP contribution in [0.3, 0.4) is 0 Å². The smallest absolute Gasteiger partial charge is 0.122 e. The second-order valence-corrected chi connectivity index (χ2v) is 4.47. The summed E-state index contributed by atoms with van der Waals surface area (Å²) in [5.74, 6) is 1.15. The Kier molecular flexibility index (Phi) is 2.33. The van der Waals surface area contributed by atoms with Crippen LogP contribution in [0.2, 0.25) is 0 Å². The van der Waals surface area contributed by atoms with Gasteiger partial charge in [0.25, 0.3) is 0 Å². The molecular weight excluding hydrogens is 176 g/mol. The van der Waals surface area contributed by atoms with Crippen molar-refractivity contribution in [1.29, 1.82) is 0 Å². The third-order valence-corrected chi connectivity index (χ3v) is 3.10. The lowest BCUT2D eigenvalue weighted by Gasteiger charge is -2.40. The molecule has 14 heavy (non-hydrogen) atoms. The Hall–Kier alpha value is -0.870. The summed E-state index contributed by atoms with van der Waals surface area (Å²) in [5.41, 5.74) is 5.84. The van der Waals surface area contributed by atoms with Gasteiger partial charge in [0.1, 0.15) is 5.82 Å². The van der Waals surface area contributed by atoms with Crippen molar-refractivity contribution in [3.05, 3.63) is 18.2 Å². The topological polar surface area (TPSA) is 47.1 Å². The van der Waals surface area contributed by atoms with Crippen molar-refractivity contribution < 1.29 is 0 Å². The molecule has 78 valence electrons. The lowest BCUT2D eigenvalue weighted by atomic mass is 10.0. The molecule has 2 rings (SSSR count). The monoisotopic (exact) mass is 194 g/mol. The minimum atomic E-state index is 0.0806. The van der Waals surface area contributed by atoms with Gasteiger partial charge in [0.2, 0.25) is 0 Å². The Morgan fingerprint density at radius 3 is 3.00 bits per heavy atom. The highest BCUT2D eigenvalue weighted by Gasteiger charge is 2.28. The molecule has 2 N–H and O–H groups in total. The van der Waals surface area contributed by atoms with Gasteiger partial charge in [-0.15, -0.1) is 0 Å². The first-order chi connectivity index (χ1) is 6.63. The number of nitrogens with zero attached hydrogens (tertiary/aromatic N) is 3. The van der Waals surface area contributed by atoms with Crippen LogP contribution in [0.1, 0.15) is 19.7 Å². The zero-order valence-electron chi connectivity index (χ0n) is 8.90. The molecule has 1 aromatic rings. The molecular formula is C10H18N4. The van der Waals surface area contributed by atoms with Gasteiger partial charge in [0.15, 0.2) is 0 Å².